The highest BCUT2D eigenvalue weighted by atomic mass is 35.5. The number of hydrogen-bond donors (Lipinski definition) is 0. The van der Waals surface area contributed by atoms with Gasteiger partial charge in [0.15, 0.2) is 6.61 Å². The summed E-state index contributed by atoms with van der Waals surface area (Å²) in [4.78, 5) is 13.4. The molecule has 0 radical (unpaired) electrons. The van der Waals surface area contributed by atoms with Crippen LogP contribution in [-0.4, -0.2) is 29.8 Å². The Balaban J connectivity index is 2.19. The quantitative estimate of drug-likeness (QED) is 0.797. The van der Waals surface area contributed by atoms with Gasteiger partial charge in [0.05, 0.1) is 0 Å². The van der Waals surface area contributed by atoms with Gasteiger partial charge in [-0.05, 0) is 36.2 Å². The summed E-state index contributed by atoms with van der Waals surface area (Å²) in [6.07, 6.45) is 2.48. The maximum atomic E-state index is 11.8. The molecule has 1 aliphatic heterocycles. The van der Waals surface area contributed by atoms with Crippen LogP contribution in [0.4, 0.5) is 0 Å². The lowest BCUT2D eigenvalue weighted by Gasteiger charge is -2.27. The molecule has 98 valence electrons. The highest BCUT2D eigenvalue weighted by Gasteiger charge is 2.26. The molecule has 1 atom stereocenters. The van der Waals surface area contributed by atoms with Crippen molar-refractivity contribution < 1.29 is 9.53 Å². The molecule has 1 aliphatic rings. The number of amides is 1. The maximum Gasteiger partial charge on any atom is 0.245 e. The monoisotopic (exact) mass is 276 g/mol. The average molecular weight is 277 g/mol. The number of halogens is 1. The highest BCUT2D eigenvalue weighted by molar-refractivity contribution is 6.31. The molecule has 0 aliphatic carbocycles. The van der Waals surface area contributed by atoms with Crippen LogP contribution >= 0.6 is 11.6 Å². The maximum absolute atomic E-state index is 11.8. The number of carbonyl (C=O) groups is 1. The molecule has 0 saturated carbocycles. The minimum absolute atomic E-state index is 0.0222. The summed E-state index contributed by atoms with van der Waals surface area (Å²) < 4.78 is 5.18. The number of allylic oxidation sites excluding steroid dienone is 1. The molecule has 2 rings (SSSR count). The normalized spacial score (nSPS) is 18.8. The predicted octanol–water partition coefficient (Wildman–Crippen LogP) is 2.40. The first-order chi connectivity index (χ1) is 9.13. The van der Waals surface area contributed by atoms with E-state index in [1.807, 2.05) is 24.3 Å². The van der Waals surface area contributed by atoms with Gasteiger partial charge >= 0.3 is 0 Å². The molecule has 1 heterocycles. The number of ether oxygens (including phenoxy) is 1. The SMILES string of the molecule is CN1C(=O)C(Cl)CC=C1c1ccc(OCC#N)cc1. The van der Waals surface area contributed by atoms with Gasteiger partial charge in [-0.25, -0.2) is 0 Å². The second-order valence-electron chi connectivity index (χ2n) is 4.16. The van der Waals surface area contributed by atoms with Gasteiger partial charge in [0.1, 0.15) is 17.2 Å². The van der Waals surface area contributed by atoms with Gasteiger partial charge in [-0.3, -0.25) is 4.79 Å². The van der Waals surface area contributed by atoms with Crippen LogP contribution < -0.4 is 4.74 Å². The van der Waals surface area contributed by atoms with Gasteiger partial charge in [-0.15, -0.1) is 11.6 Å². The molecule has 0 aromatic heterocycles. The van der Waals surface area contributed by atoms with E-state index in [4.69, 9.17) is 21.6 Å². The minimum atomic E-state index is -0.480. The van der Waals surface area contributed by atoms with Crippen LogP contribution in [-0.2, 0) is 4.79 Å². The van der Waals surface area contributed by atoms with Gasteiger partial charge in [0.25, 0.3) is 0 Å². The molecule has 1 amide bonds. The molecule has 0 fully saturated rings. The van der Waals surface area contributed by atoms with E-state index in [9.17, 15) is 4.79 Å². The Morgan fingerprint density at radius 2 is 2.16 bits per heavy atom. The fourth-order valence-corrected chi connectivity index (χ4v) is 2.17. The second-order valence-corrected chi connectivity index (χ2v) is 4.69. The van der Waals surface area contributed by atoms with E-state index < -0.39 is 5.38 Å². The van der Waals surface area contributed by atoms with Gasteiger partial charge in [0.2, 0.25) is 5.91 Å². The molecule has 5 heteroatoms. The molecule has 19 heavy (non-hydrogen) atoms. The van der Waals surface area contributed by atoms with E-state index in [-0.39, 0.29) is 12.5 Å². The van der Waals surface area contributed by atoms with E-state index in [1.165, 1.54) is 0 Å². The largest absolute Gasteiger partial charge is 0.479 e. The second kappa shape index (κ2) is 5.77. The lowest BCUT2D eigenvalue weighted by atomic mass is 10.0. The summed E-state index contributed by atoms with van der Waals surface area (Å²) in [5.41, 5.74) is 1.76. The zero-order chi connectivity index (χ0) is 13.8. The van der Waals surface area contributed by atoms with Crippen molar-refractivity contribution in [2.24, 2.45) is 0 Å². The minimum Gasteiger partial charge on any atom is -0.479 e. The third kappa shape index (κ3) is 2.88. The fourth-order valence-electron chi connectivity index (χ4n) is 1.93. The standard InChI is InChI=1S/C14H13ClN2O2/c1-17-13(7-6-12(15)14(17)18)10-2-4-11(5-3-10)19-9-8-16/h2-5,7,12H,6,9H2,1H3. The molecule has 0 saturated heterocycles. The Hall–Kier alpha value is -1.99. The van der Waals surface area contributed by atoms with Crippen molar-refractivity contribution in [1.82, 2.24) is 4.90 Å². The summed E-state index contributed by atoms with van der Waals surface area (Å²) in [7, 11) is 1.71. The van der Waals surface area contributed by atoms with E-state index in [0.717, 1.165) is 11.3 Å². The van der Waals surface area contributed by atoms with Crippen LogP contribution in [0.25, 0.3) is 5.70 Å². The number of carbonyl (C=O) groups excluding carboxylic acids is 1. The molecule has 1 aromatic rings. The zero-order valence-corrected chi connectivity index (χ0v) is 11.2. The third-order valence-electron chi connectivity index (χ3n) is 2.93. The first-order valence-electron chi connectivity index (χ1n) is 5.85. The van der Waals surface area contributed by atoms with Crippen molar-refractivity contribution in [1.29, 1.82) is 5.26 Å². The van der Waals surface area contributed by atoms with Crippen molar-refractivity contribution in [2.75, 3.05) is 13.7 Å². The molecule has 0 spiro atoms. The van der Waals surface area contributed by atoms with E-state index in [2.05, 4.69) is 0 Å². The zero-order valence-electron chi connectivity index (χ0n) is 10.5. The number of rotatable bonds is 3. The number of nitrogens with zero attached hydrogens (tertiary/aromatic N) is 2. The van der Waals surface area contributed by atoms with E-state index >= 15 is 0 Å². The molecular weight excluding hydrogens is 264 g/mol. The summed E-state index contributed by atoms with van der Waals surface area (Å²) in [6, 6.07) is 9.18. The van der Waals surface area contributed by atoms with Gasteiger partial charge < -0.3 is 9.64 Å². The van der Waals surface area contributed by atoms with Crippen molar-refractivity contribution in [2.45, 2.75) is 11.8 Å². The first-order valence-corrected chi connectivity index (χ1v) is 6.29. The Bertz CT molecular complexity index is 546. The molecule has 4 nitrogen and oxygen atoms in total. The Labute approximate surface area is 116 Å². The van der Waals surface area contributed by atoms with E-state index in [1.54, 1.807) is 24.1 Å². The number of hydrogen-bond acceptors (Lipinski definition) is 3. The summed E-state index contributed by atoms with van der Waals surface area (Å²) in [6.45, 7) is 0.0222. The predicted molar refractivity (Wildman–Crippen MR) is 72.6 cm³/mol. The van der Waals surface area contributed by atoms with Crippen LogP contribution in [0, 0.1) is 11.3 Å². The van der Waals surface area contributed by atoms with Crippen molar-refractivity contribution in [3.8, 4) is 11.8 Å². The molecule has 0 bridgehead atoms. The molecule has 1 aromatic carbocycles. The number of nitriles is 1. The van der Waals surface area contributed by atoms with Crippen LogP contribution in [0.15, 0.2) is 30.3 Å². The summed E-state index contributed by atoms with van der Waals surface area (Å²) in [5, 5.41) is 7.95. The van der Waals surface area contributed by atoms with Gasteiger partial charge in [-0.1, -0.05) is 6.08 Å². The number of benzene rings is 1. The fraction of sp³-hybridized carbons (Fsp3) is 0.286. The van der Waals surface area contributed by atoms with Crippen LogP contribution in [0.3, 0.4) is 0 Å². The third-order valence-corrected chi connectivity index (χ3v) is 3.30. The topological polar surface area (TPSA) is 53.3 Å². The van der Waals surface area contributed by atoms with Crippen LogP contribution in [0.2, 0.25) is 0 Å². The van der Waals surface area contributed by atoms with Gasteiger partial charge in [-0.2, -0.15) is 5.26 Å². The Kier molecular flexibility index (Phi) is 4.08. The van der Waals surface area contributed by atoms with Crippen molar-refractivity contribution >= 4 is 23.2 Å². The first kappa shape index (κ1) is 13.4. The number of alkyl halides is 1. The van der Waals surface area contributed by atoms with Crippen LogP contribution in [0.5, 0.6) is 5.75 Å². The van der Waals surface area contributed by atoms with Crippen molar-refractivity contribution in [3.63, 3.8) is 0 Å². The Morgan fingerprint density at radius 1 is 1.47 bits per heavy atom. The lowest BCUT2D eigenvalue weighted by molar-refractivity contribution is -0.126. The van der Waals surface area contributed by atoms with Crippen LogP contribution in [0.1, 0.15) is 12.0 Å². The van der Waals surface area contributed by atoms with Gasteiger partial charge in [0, 0.05) is 12.7 Å². The molecule has 0 N–H and O–H groups in total. The summed E-state index contributed by atoms with van der Waals surface area (Å²) in [5.74, 6) is 0.537. The molecule has 1 unspecified atom stereocenters. The highest BCUT2D eigenvalue weighted by Crippen LogP contribution is 2.27. The van der Waals surface area contributed by atoms with Crippen molar-refractivity contribution in [3.05, 3.63) is 35.9 Å². The lowest BCUT2D eigenvalue weighted by Crippen LogP contribution is -2.35. The van der Waals surface area contributed by atoms with E-state index in [0.29, 0.717) is 12.2 Å². The Morgan fingerprint density at radius 3 is 2.79 bits per heavy atom. The summed E-state index contributed by atoms with van der Waals surface area (Å²) >= 11 is 5.91. The molecular formula is C14H13ClN2O2. The average Bonchev–Trinajstić information content (AvgIpc) is 2.44. The smallest absolute Gasteiger partial charge is 0.245 e.